The predicted octanol–water partition coefficient (Wildman–Crippen LogP) is -2.75. The van der Waals surface area contributed by atoms with Crippen molar-refractivity contribution in [3.8, 4) is 16.9 Å². The van der Waals surface area contributed by atoms with E-state index in [0.29, 0.717) is 49.4 Å². The molecule has 12 atom stereocenters. The smallest absolute Gasteiger partial charge is 0.305 e. The highest BCUT2D eigenvalue weighted by molar-refractivity contribution is 6.00. The van der Waals surface area contributed by atoms with Gasteiger partial charge >= 0.3 is 5.97 Å². The van der Waals surface area contributed by atoms with E-state index in [0.717, 1.165) is 73.1 Å². The number of nitrogens with zero attached hydrogens (tertiary/aromatic N) is 4. The molecule has 0 bridgehead atoms. The van der Waals surface area contributed by atoms with E-state index >= 15 is 4.39 Å². The zero-order valence-electron chi connectivity index (χ0n) is 62.7. The number of hydrogen-bond donors (Lipinski definition) is 19. The number of benzene rings is 4. The Hall–Kier alpha value is -11.7. The Morgan fingerprint density at radius 3 is 1.90 bits per heavy atom. The first-order valence-corrected chi connectivity index (χ1v) is 36.0. The zero-order valence-corrected chi connectivity index (χ0v) is 62.7. The quantitative estimate of drug-likeness (QED) is 0.0172. The summed E-state index contributed by atoms with van der Waals surface area (Å²) in [6, 6.07) is 8.66. The first-order chi connectivity index (χ1) is 52.7. The van der Waals surface area contributed by atoms with E-state index in [1.165, 1.54) is 37.6 Å². The van der Waals surface area contributed by atoms with Gasteiger partial charge < -0.3 is 101 Å². The molecule has 0 aliphatic rings. The Bertz CT molecular complexity index is 4150. The van der Waals surface area contributed by atoms with Crippen molar-refractivity contribution >= 4 is 70.9 Å². The molecule has 111 heavy (non-hydrogen) atoms. The van der Waals surface area contributed by atoms with Gasteiger partial charge in [0.1, 0.15) is 65.4 Å². The third-order valence-electron chi connectivity index (χ3n) is 17.8. The van der Waals surface area contributed by atoms with Gasteiger partial charge in [0.05, 0.1) is 50.8 Å². The minimum atomic E-state index is -2.40. The first-order valence-electron chi connectivity index (χ1n) is 36.0. The van der Waals surface area contributed by atoms with Crippen LogP contribution in [0.2, 0.25) is 0 Å². The van der Waals surface area contributed by atoms with Crippen LogP contribution in [0.5, 0.6) is 5.75 Å². The Kier molecular flexibility index (Phi) is 34.1. The van der Waals surface area contributed by atoms with Crippen molar-refractivity contribution in [2.75, 3.05) is 26.3 Å². The summed E-state index contributed by atoms with van der Waals surface area (Å²) in [5.41, 5.74) is 21.6. The average Bonchev–Trinajstić information content (AvgIpc) is 1.06. The lowest BCUT2D eigenvalue weighted by molar-refractivity contribution is -0.142. The van der Waals surface area contributed by atoms with Crippen LogP contribution >= 0.6 is 0 Å². The second-order valence-electron chi connectivity index (χ2n) is 27.2. The molecule has 600 valence electrons. The monoisotopic (exact) mass is 1550 g/mol. The highest BCUT2D eigenvalue weighted by Crippen LogP contribution is 2.29. The van der Waals surface area contributed by atoms with Crippen LogP contribution < -0.4 is 75.1 Å². The second-order valence-corrected chi connectivity index (χ2v) is 27.2. The number of hydrogen-bond acceptors (Lipinski definition) is 22. The largest absolute Gasteiger partial charge is 0.494 e. The van der Waals surface area contributed by atoms with Gasteiger partial charge in [-0.25, -0.2) is 9.37 Å². The molecule has 0 saturated heterocycles. The Balaban J connectivity index is 1.17. The summed E-state index contributed by atoms with van der Waals surface area (Å²) in [4.78, 5) is 172. The van der Waals surface area contributed by atoms with Crippen LogP contribution in [0.25, 0.3) is 11.1 Å². The molecular formula is C74H100FN19O17. The van der Waals surface area contributed by atoms with Gasteiger partial charge in [0, 0.05) is 37.6 Å². The lowest BCUT2D eigenvalue weighted by Gasteiger charge is -2.34. The number of rotatable bonds is 45. The summed E-state index contributed by atoms with van der Waals surface area (Å²) in [5.74, 6) is -14.2. The van der Waals surface area contributed by atoms with Gasteiger partial charge in [-0.1, -0.05) is 90.0 Å². The summed E-state index contributed by atoms with van der Waals surface area (Å²) < 4.78 is 21.5. The number of carbonyl (C=O) groups excluding carboxylic acids is 11. The molecule has 6 rings (SSSR count). The van der Waals surface area contributed by atoms with Gasteiger partial charge in [-0.05, 0) is 138 Å². The van der Waals surface area contributed by atoms with E-state index in [-0.39, 0.29) is 30.7 Å². The fourth-order valence-corrected chi connectivity index (χ4v) is 11.9. The zero-order chi connectivity index (χ0) is 81.6. The summed E-state index contributed by atoms with van der Waals surface area (Å²) in [6.45, 7) is 9.15. The summed E-state index contributed by atoms with van der Waals surface area (Å²) in [5, 5.41) is 79.4. The first kappa shape index (κ1) is 88.2. The van der Waals surface area contributed by atoms with Crippen molar-refractivity contribution in [3.63, 3.8) is 0 Å². The fraction of sp³-hybridized carbons (Fsp3) is 0.459. The minimum Gasteiger partial charge on any atom is -0.494 e. The van der Waals surface area contributed by atoms with E-state index in [4.69, 9.17) is 21.9 Å². The van der Waals surface area contributed by atoms with Crippen LogP contribution in [0.1, 0.15) is 112 Å². The Labute approximate surface area is 639 Å². The van der Waals surface area contributed by atoms with Crippen molar-refractivity contribution in [1.29, 1.82) is 0 Å². The van der Waals surface area contributed by atoms with Crippen molar-refractivity contribution in [1.82, 2.24) is 83.8 Å². The number of aliphatic hydroxyl groups excluding tert-OH is 3. The molecule has 0 saturated carbocycles. The maximum Gasteiger partial charge on any atom is 0.305 e. The van der Waals surface area contributed by atoms with Gasteiger partial charge in [-0.2, -0.15) is 5.21 Å². The summed E-state index contributed by atoms with van der Waals surface area (Å²) in [6.07, 6.45) is -0.131. The van der Waals surface area contributed by atoms with E-state index in [1.807, 2.05) is 57.2 Å². The molecule has 36 nitrogen and oxygen atoms in total. The standard InChI is InChI=1S/C74H100FN19O17/c1-8-46-30-50(111-25-12-11-24-76)22-23-51(46)47-20-18-44(19-21-47)29-55(68(105)83-54(64(78)101)17-13-14-45-27-39(2)26-40(3)28-45)85-69(106)57(33-61(99)100)86-70(107)58(37-95)87-71(108)62(42(5)96)89-73(110)74(7,34-48-15-9-10-16-52(48)75)90-72(109)63(43(6)97)88-60(98)36-80-67(104)56(32-59-91-93-94-92-59)84-65(102)41(4)82-66(103)53(77)31-49-35-79-38-81-49/h9-10,15-16,18-23,26-28,30,35,38,41-43,53-58,62-63,95-97H,8,11-14,17,24-25,29,31-34,36-37,76-77H2,1-7H3,(H2,78,101)(H,79,81)(H,80,104)(H,82,103)(H,83,105)(H,84,102)(H,85,106)(H,86,107)(H,87,108)(H,88,98)(H,89,110)(H,90,109)(H,99,100)(H,91,92,93,94)/t41-,42+,43+,53-,54-,55-,56-,57-,58-,62-,63-,74-/m0/s1. The van der Waals surface area contributed by atoms with E-state index in [2.05, 4.69) is 83.8 Å². The van der Waals surface area contributed by atoms with Crippen molar-refractivity contribution < 1.29 is 87.1 Å². The molecule has 4 aromatic carbocycles. The number of primary amides is 1. The van der Waals surface area contributed by atoms with Crippen molar-refractivity contribution in [2.45, 2.75) is 191 Å². The number of tetrazole rings is 1. The highest BCUT2D eigenvalue weighted by atomic mass is 19.1. The maximum absolute atomic E-state index is 15.5. The number of aliphatic hydroxyl groups is 3. The van der Waals surface area contributed by atoms with Crippen LogP contribution in [0.3, 0.4) is 0 Å². The number of aliphatic carboxylic acids is 1. The molecule has 0 radical (unpaired) electrons. The number of aromatic amines is 2. The number of aromatic nitrogens is 6. The molecule has 6 aromatic rings. The number of imidazole rings is 1. The topological polar surface area (TPSA) is 576 Å². The Morgan fingerprint density at radius 2 is 1.29 bits per heavy atom. The number of carbonyl (C=O) groups is 12. The average molecular weight is 1550 g/mol. The molecule has 37 heteroatoms. The Morgan fingerprint density at radius 1 is 0.658 bits per heavy atom. The van der Waals surface area contributed by atoms with E-state index in [9.17, 15) is 78.0 Å². The lowest BCUT2D eigenvalue weighted by Crippen LogP contribution is -2.67. The molecule has 2 aromatic heterocycles. The molecule has 0 unspecified atom stereocenters. The molecule has 2 heterocycles. The number of nitrogens with two attached hydrogens (primary N) is 3. The number of unbranched alkanes of at least 4 members (excludes halogenated alkanes) is 1. The van der Waals surface area contributed by atoms with Crippen molar-refractivity contribution in [2.24, 2.45) is 17.2 Å². The van der Waals surface area contributed by atoms with Crippen LogP contribution in [-0.4, -0.2) is 220 Å². The number of carboxylic acids is 1. The van der Waals surface area contributed by atoms with Gasteiger partial charge in [-0.15, -0.1) is 10.2 Å². The fourth-order valence-electron chi connectivity index (χ4n) is 11.9. The third kappa shape index (κ3) is 27.8. The van der Waals surface area contributed by atoms with Gasteiger partial charge in [0.15, 0.2) is 5.82 Å². The minimum absolute atomic E-state index is 0.0463. The van der Waals surface area contributed by atoms with Gasteiger partial charge in [0.2, 0.25) is 65.0 Å². The molecule has 0 aliphatic heterocycles. The number of aryl methyl sites for hydroxylation is 4. The van der Waals surface area contributed by atoms with Gasteiger partial charge in [0.25, 0.3) is 0 Å². The predicted molar refractivity (Wildman–Crippen MR) is 398 cm³/mol. The summed E-state index contributed by atoms with van der Waals surface area (Å²) >= 11 is 0. The van der Waals surface area contributed by atoms with Crippen LogP contribution in [0, 0.1) is 19.7 Å². The van der Waals surface area contributed by atoms with E-state index in [1.54, 1.807) is 24.3 Å². The number of ether oxygens (including phenoxy) is 1. The molecule has 22 N–H and O–H groups in total. The number of carboxylic acid groups (broad SMARTS) is 1. The number of H-pyrrole nitrogens is 2. The second kappa shape index (κ2) is 42.9. The van der Waals surface area contributed by atoms with Crippen LogP contribution in [0.4, 0.5) is 4.39 Å². The highest BCUT2D eigenvalue weighted by Gasteiger charge is 2.43. The third-order valence-corrected chi connectivity index (χ3v) is 17.8. The summed E-state index contributed by atoms with van der Waals surface area (Å²) in [7, 11) is 0. The van der Waals surface area contributed by atoms with Crippen LogP contribution in [-0.2, 0) is 96.1 Å². The molecule has 11 amide bonds. The number of nitrogens with one attached hydrogen (secondary N) is 12. The molecule has 0 aliphatic carbocycles. The number of halogens is 1. The van der Waals surface area contributed by atoms with Crippen LogP contribution in [0.15, 0.2) is 97.5 Å². The maximum atomic E-state index is 15.5. The lowest BCUT2D eigenvalue weighted by atomic mass is 9.90. The molecule has 0 spiro atoms. The molecule has 0 fully saturated rings. The SMILES string of the molecule is CCc1cc(OCCCCN)ccc1-c1ccc(C[C@H](NC(=O)[C@H](CC(=O)O)NC(=O)[C@H](CO)NC(=O)[C@@H](NC(=O)[C@](C)(Cc2ccccc2F)NC(=O)[C@@H](NC(=O)CNC(=O)[C@H](Cc2nn[nH]n2)NC(=O)[C@H](C)NC(=O)[C@@H](N)Cc2cnc[nH]2)[C@@H](C)O)[C@@H](C)O)C(=O)N[C@@H](CCCc2cc(C)cc(C)c2)C(N)=O)cc1. The van der Waals surface area contributed by atoms with Gasteiger partial charge in [-0.3, -0.25) is 57.5 Å². The normalized spacial score (nSPS) is 14.7. The molecular weight excluding hydrogens is 1450 g/mol. The van der Waals surface area contributed by atoms with E-state index < -0.39 is 181 Å². The van der Waals surface area contributed by atoms with Crippen molar-refractivity contribution in [3.05, 3.63) is 148 Å². The number of amides is 11.